The Morgan fingerprint density at radius 2 is 2.03 bits per heavy atom. The number of nitro groups is 1. The predicted molar refractivity (Wildman–Crippen MR) is 116 cm³/mol. The van der Waals surface area contributed by atoms with Crippen LogP contribution >= 0.6 is 0 Å². The van der Waals surface area contributed by atoms with Crippen molar-refractivity contribution in [3.8, 4) is 11.5 Å². The van der Waals surface area contributed by atoms with Crippen molar-refractivity contribution in [3.63, 3.8) is 0 Å². The van der Waals surface area contributed by atoms with E-state index in [9.17, 15) is 24.5 Å². The van der Waals surface area contributed by atoms with Gasteiger partial charge in [0.2, 0.25) is 5.91 Å². The molecule has 2 N–H and O–H groups in total. The minimum atomic E-state index is -0.566. The van der Waals surface area contributed by atoms with Crippen LogP contribution < -0.4 is 5.32 Å². The van der Waals surface area contributed by atoms with E-state index in [1.165, 1.54) is 48.7 Å². The third kappa shape index (κ3) is 4.15. The quantitative estimate of drug-likeness (QED) is 0.209. The molecule has 4 aromatic rings. The summed E-state index contributed by atoms with van der Waals surface area (Å²) in [7, 11) is 0. The highest BCUT2D eigenvalue weighted by Gasteiger charge is 2.16. The molecule has 0 saturated heterocycles. The number of nitro benzene ring substituents is 1. The molecule has 0 aliphatic rings. The van der Waals surface area contributed by atoms with Crippen LogP contribution in [0.15, 0.2) is 60.8 Å². The summed E-state index contributed by atoms with van der Waals surface area (Å²) in [6.45, 7) is 1.77. The minimum absolute atomic E-state index is 0.0908. The van der Waals surface area contributed by atoms with E-state index in [4.69, 9.17) is 0 Å². The molecule has 10 heteroatoms. The number of hydrogen-bond donors (Lipinski definition) is 2. The van der Waals surface area contributed by atoms with Crippen LogP contribution in [0.25, 0.3) is 28.6 Å². The second kappa shape index (κ2) is 8.26. The second-order valence-electron chi connectivity index (χ2n) is 6.96. The lowest BCUT2D eigenvalue weighted by Gasteiger charge is -2.04. The van der Waals surface area contributed by atoms with Crippen LogP contribution in [0.3, 0.4) is 0 Å². The Labute approximate surface area is 180 Å². The van der Waals surface area contributed by atoms with E-state index in [2.05, 4.69) is 15.3 Å². The number of pyridine rings is 1. The zero-order valence-electron chi connectivity index (χ0n) is 16.7. The van der Waals surface area contributed by atoms with Gasteiger partial charge in [-0.15, -0.1) is 0 Å². The molecule has 2 heterocycles. The van der Waals surface area contributed by atoms with Crippen LogP contribution in [0.1, 0.15) is 11.1 Å². The van der Waals surface area contributed by atoms with Crippen molar-refractivity contribution in [1.82, 2.24) is 14.7 Å². The smallest absolute Gasteiger partial charge is 0.271 e. The van der Waals surface area contributed by atoms with Gasteiger partial charge >= 0.3 is 0 Å². The maximum absolute atomic E-state index is 13.8. The Kier molecular flexibility index (Phi) is 5.34. The summed E-state index contributed by atoms with van der Waals surface area (Å²) in [6, 6.07) is 11.7. The number of anilines is 1. The number of rotatable bonds is 5. The lowest BCUT2D eigenvalue weighted by atomic mass is 10.1. The average Bonchev–Trinajstić information content (AvgIpc) is 3.09. The van der Waals surface area contributed by atoms with Crippen LogP contribution in [-0.2, 0) is 4.79 Å². The summed E-state index contributed by atoms with van der Waals surface area (Å²) < 4.78 is 14.6. The summed E-state index contributed by atoms with van der Waals surface area (Å²) in [4.78, 5) is 30.9. The lowest BCUT2D eigenvalue weighted by Crippen LogP contribution is -2.08. The number of nitrogens with one attached hydrogen (secondary N) is 1. The van der Waals surface area contributed by atoms with Gasteiger partial charge in [0.25, 0.3) is 5.69 Å². The van der Waals surface area contributed by atoms with Gasteiger partial charge in [-0.25, -0.2) is 9.37 Å². The third-order valence-corrected chi connectivity index (χ3v) is 4.66. The first-order valence-corrected chi connectivity index (χ1v) is 9.39. The van der Waals surface area contributed by atoms with Gasteiger partial charge in [-0.05, 0) is 42.8 Å². The van der Waals surface area contributed by atoms with Crippen LogP contribution in [-0.4, -0.2) is 30.7 Å². The SMILES string of the molecule is Cc1ccc(/C=C/C(=O)Nc2ccc(-c3nc4ccc([N+](=O)[O-])cc4n3O)nc2)c(F)c1. The highest BCUT2D eigenvalue weighted by molar-refractivity contribution is 6.01. The van der Waals surface area contributed by atoms with E-state index >= 15 is 0 Å². The number of aryl methyl sites for hydroxylation is 1. The Morgan fingerprint density at radius 3 is 2.72 bits per heavy atom. The monoisotopic (exact) mass is 433 g/mol. The highest BCUT2D eigenvalue weighted by atomic mass is 19.1. The Bertz CT molecular complexity index is 1380. The number of carbonyl (C=O) groups is 1. The summed E-state index contributed by atoms with van der Waals surface area (Å²) in [5.41, 5.74) is 2.10. The van der Waals surface area contributed by atoms with E-state index < -0.39 is 16.6 Å². The molecule has 1 amide bonds. The maximum atomic E-state index is 13.8. The first-order valence-electron chi connectivity index (χ1n) is 9.39. The van der Waals surface area contributed by atoms with E-state index in [-0.39, 0.29) is 17.0 Å². The number of amides is 1. The van der Waals surface area contributed by atoms with Gasteiger partial charge < -0.3 is 10.5 Å². The van der Waals surface area contributed by atoms with Crippen LogP contribution in [0.4, 0.5) is 15.8 Å². The van der Waals surface area contributed by atoms with E-state index in [0.717, 1.165) is 10.3 Å². The molecule has 160 valence electrons. The topological polar surface area (TPSA) is 123 Å². The normalized spacial score (nSPS) is 11.2. The van der Waals surface area contributed by atoms with E-state index in [1.54, 1.807) is 25.1 Å². The molecule has 4 rings (SSSR count). The standard InChI is InChI=1S/C22H16FN5O4/c1-13-2-3-14(17(23)10-13)4-9-21(29)25-15-5-7-19(24-12-15)22-26-18-8-6-16(28(31)32)11-20(18)27(22)30/h2-12,30H,1H3,(H,25,29)/b9-4+. The first kappa shape index (κ1) is 20.7. The van der Waals surface area contributed by atoms with Crippen molar-refractivity contribution >= 4 is 34.4 Å². The molecule has 0 bridgehead atoms. The Balaban J connectivity index is 1.50. The summed E-state index contributed by atoms with van der Waals surface area (Å²) in [5.74, 6) is -0.799. The molecule has 0 atom stereocenters. The molecule has 2 aromatic heterocycles. The minimum Gasteiger partial charge on any atom is -0.426 e. The molecule has 0 unspecified atom stereocenters. The number of aromatic nitrogens is 3. The number of halogens is 1. The number of benzene rings is 2. The van der Waals surface area contributed by atoms with Crippen molar-refractivity contribution in [3.05, 3.63) is 87.9 Å². The number of hydrogen-bond acceptors (Lipinski definition) is 6. The molecular weight excluding hydrogens is 417 g/mol. The Morgan fingerprint density at radius 1 is 1.22 bits per heavy atom. The fourth-order valence-corrected chi connectivity index (χ4v) is 3.05. The molecular formula is C22H16FN5O4. The molecule has 0 aliphatic carbocycles. The molecule has 9 nitrogen and oxygen atoms in total. The van der Waals surface area contributed by atoms with Gasteiger partial charge in [-0.1, -0.05) is 12.1 Å². The molecule has 0 spiro atoms. The summed E-state index contributed by atoms with van der Waals surface area (Å²) >= 11 is 0. The van der Waals surface area contributed by atoms with E-state index in [1.807, 2.05) is 0 Å². The van der Waals surface area contributed by atoms with Gasteiger partial charge in [-0.3, -0.25) is 19.9 Å². The van der Waals surface area contributed by atoms with Gasteiger partial charge in [-0.2, -0.15) is 4.73 Å². The predicted octanol–water partition coefficient (Wildman–Crippen LogP) is 4.34. The fraction of sp³-hybridized carbons (Fsp3) is 0.0455. The average molecular weight is 433 g/mol. The zero-order valence-corrected chi connectivity index (χ0v) is 16.7. The van der Waals surface area contributed by atoms with Crippen molar-refractivity contribution in [1.29, 1.82) is 0 Å². The van der Waals surface area contributed by atoms with E-state index in [0.29, 0.717) is 22.5 Å². The number of carbonyl (C=O) groups excluding carboxylic acids is 1. The van der Waals surface area contributed by atoms with Crippen molar-refractivity contribution in [2.45, 2.75) is 6.92 Å². The second-order valence-corrected chi connectivity index (χ2v) is 6.96. The summed E-state index contributed by atoms with van der Waals surface area (Å²) in [6.07, 6.45) is 3.95. The van der Waals surface area contributed by atoms with Crippen LogP contribution in [0.5, 0.6) is 0 Å². The van der Waals surface area contributed by atoms with Crippen molar-refractivity contribution in [2.24, 2.45) is 0 Å². The largest absolute Gasteiger partial charge is 0.426 e. The molecule has 0 aliphatic heterocycles. The highest BCUT2D eigenvalue weighted by Crippen LogP contribution is 2.26. The third-order valence-electron chi connectivity index (χ3n) is 4.66. The number of nitrogens with zero attached hydrogens (tertiary/aromatic N) is 4. The molecule has 0 radical (unpaired) electrons. The van der Waals surface area contributed by atoms with Crippen molar-refractivity contribution in [2.75, 3.05) is 5.32 Å². The van der Waals surface area contributed by atoms with Crippen LogP contribution in [0, 0.1) is 22.9 Å². The number of imidazole rings is 1. The molecule has 0 fully saturated rings. The molecule has 2 aromatic carbocycles. The number of fused-ring (bicyclic) bond motifs is 1. The number of non-ortho nitro benzene ring substituents is 1. The van der Waals surface area contributed by atoms with Gasteiger partial charge in [0.05, 0.1) is 22.3 Å². The lowest BCUT2D eigenvalue weighted by molar-refractivity contribution is -0.384. The Hall–Kier alpha value is -4.60. The molecule has 32 heavy (non-hydrogen) atoms. The van der Waals surface area contributed by atoms with Crippen molar-refractivity contribution < 1.29 is 19.3 Å². The maximum Gasteiger partial charge on any atom is 0.271 e. The zero-order chi connectivity index (χ0) is 22.8. The van der Waals surface area contributed by atoms with Gasteiger partial charge in [0.15, 0.2) is 5.82 Å². The van der Waals surface area contributed by atoms with Gasteiger partial charge in [0.1, 0.15) is 17.0 Å². The van der Waals surface area contributed by atoms with Crippen LogP contribution in [0.2, 0.25) is 0 Å². The molecule has 0 saturated carbocycles. The fourth-order valence-electron chi connectivity index (χ4n) is 3.05. The first-order chi connectivity index (χ1) is 15.3. The summed E-state index contributed by atoms with van der Waals surface area (Å²) in [5, 5.41) is 23.9. The van der Waals surface area contributed by atoms with Gasteiger partial charge in [0, 0.05) is 23.8 Å².